The average molecular weight is 524 g/mol. The Labute approximate surface area is 217 Å². The Hall–Kier alpha value is -3.38. The molecular weight excluding hydrogens is 482 g/mol. The summed E-state index contributed by atoms with van der Waals surface area (Å²) in [6.45, 7) is 9.34. The highest BCUT2D eigenvalue weighted by atomic mass is 16.6. The molecule has 0 bridgehead atoms. The van der Waals surface area contributed by atoms with Crippen LogP contribution in [0.15, 0.2) is 10.1 Å². The van der Waals surface area contributed by atoms with Gasteiger partial charge >= 0.3 is 0 Å². The van der Waals surface area contributed by atoms with Crippen molar-refractivity contribution in [3.63, 3.8) is 0 Å². The normalized spacial score (nSPS) is 18.7. The van der Waals surface area contributed by atoms with Crippen LogP contribution in [0, 0.1) is 11.8 Å². The monoisotopic (exact) mass is 523 g/mol. The minimum atomic E-state index is -0.955. The number of carbonyl (C=O) groups is 4. The number of nitrogens with one attached hydrogen (secondary N) is 3. The maximum atomic E-state index is 13.3. The SMILES string of the molecule is CC(C)C[C@H](NC(=O)CN=[N+]=[N-])C(=O)N[C@@H](CC(C)C)C(=O)N[C@@H](CCCN=C(N)N)C(=O)[C@@]1(C)CO1. The molecule has 1 saturated heterocycles. The molecule has 4 atom stereocenters. The van der Waals surface area contributed by atoms with Gasteiger partial charge in [0.1, 0.15) is 24.2 Å². The van der Waals surface area contributed by atoms with Crippen LogP contribution in [0.25, 0.3) is 10.4 Å². The van der Waals surface area contributed by atoms with E-state index in [4.69, 9.17) is 21.7 Å². The molecule has 1 aliphatic heterocycles. The number of aliphatic imine (C=N–C) groups is 1. The quantitative estimate of drug-likeness (QED) is 0.0339. The molecule has 0 radical (unpaired) electrons. The highest BCUT2D eigenvalue weighted by Gasteiger charge is 2.50. The number of amides is 3. The van der Waals surface area contributed by atoms with Crippen LogP contribution in [-0.2, 0) is 23.9 Å². The summed E-state index contributed by atoms with van der Waals surface area (Å²) in [4.78, 5) is 57.9. The van der Waals surface area contributed by atoms with Crippen LogP contribution in [0.5, 0.6) is 0 Å². The third-order valence-corrected chi connectivity index (χ3v) is 5.65. The second kappa shape index (κ2) is 15.0. The standard InChI is InChI=1S/C23H41N9O5/c1-13(2)9-16(29-18(33)11-28-32-26)20(35)31-17(10-14(3)4)21(36)30-15(7-6-8-27-22(24)25)19(34)23(5)12-37-23/h13-17H,6-12H2,1-5H3,(H,29,33)(H,30,36)(H,31,35)(H4,24,25,27)/t15-,16-,17-,23+/m0/s1. The molecular formula is C23H41N9O5. The zero-order valence-corrected chi connectivity index (χ0v) is 22.3. The molecule has 208 valence electrons. The minimum Gasteiger partial charge on any atom is -0.370 e. The van der Waals surface area contributed by atoms with Crippen LogP contribution in [0.3, 0.4) is 0 Å². The van der Waals surface area contributed by atoms with Gasteiger partial charge in [0, 0.05) is 11.5 Å². The number of epoxide rings is 1. The van der Waals surface area contributed by atoms with Crippen LogP contribution < -0.4 is 27.4 Å². The number of Topliss-reactive ketones (excluding diaryl/α,β-unsaturated/α-hetero) is 1. The molecule has 14 nitrogen and oxygen atoms in total. The minimum absolute atomic E-state index is 0.0412. The van der Waals surface area contributed by atoms with Crippen molar-refractivity contribution in [3.8, 4) is 0 Å². The first-order valence-corrected chi connectivity index (χ1v) is 12.4. The lowest BCUT2D eigenvalue weighted by Crippen LogP contribution is -2.57. The lowest BCUT2D eigenvalue weighted by atomic mass is 9.95. The van der Waals surface area contributed by atoms with E-state index in [2.05, 4.69) is 31.0 Å². The van der Waals surface area contributed by atoms with E-state index in [1.807, 2.05) is 27.7 Å². The molecule has 0 aliphatic carbocycles. The summed E-state index contributed by atoms with van der Waals surface area (Å²) in [5, 5.41) is 11.3. The van der Waals surface area contributed by atoms with Gasteiger partial charge in [-0.15, -0.1) is 0 Å². The molecule has 14 heteroatoms. The van der Waals surface area contributed by atoms with Crippen molar-refractivity contribution in [3.05, 3.63) is 10.4 Å². The van der Waals surface area contributed by atoms with Gasteiger partial charge < -0.3 is 32.2 Å². The maximum Gasteiger partial charge on any atom is 0.243 e. The molecule has 0 unspecified atom stereocenters. The molecule has 37 heavy (non-hydrogen) atoms. The fraction of sp³-hybridized carbons (Fsp3) is 0.783. The number of guanidine groups is 1. The predicted octanol–water partition coefficient (Wildman–Crippen LogP) is 0.255. The third kappa shape index (κ3) is 11.9. The molecule has 7 N–H and O–H groups in total. The topological polar surface area (TPSA) is 230 Å². The lowest BCUT2D eigenvalue weighted by Gasteiger charge is -2.27. The summed E-state index contributed by atoms with van der Waals surface area (Å²) in [6.07, 6.45) is 1.35. The molecule has 0 aromatic heterocycles. The number of ketones is 1. The second-order valence-corrected chi connectivity index (χ2v) is 10.2. The van der Waals surface area contributed by atoms with Gasteiger partial charge in [-0.1, -0.05) is 32.8 Å². The lowest BCUT2D eigenvalue weighted by molar-refractivity contribution is -0.134. The van der Waals surface area contributed by atoms with E-state index in [0.717, 1.165) is 0 Å². The first-order valence-electron chi connectivity index (χ1n) is 12.4. The fourth-order valence-corrected chi connectivity index (χ4v) is 3.68. The van der Waals surface area contributed by atoms with E-state index in [9.17, 15) is 19.2 Å². The number of carbonyl (C=O) groups excluding carboxylic acids is 4. The number of nitrogens with two attached hydrogens (primary N) is 2. The zero-order chi connectivity index (χ0) is 28.2. The maximum absolute atomic E-state index is 13.3. The van der Waals surface area contributed by atoms with Crippen molar-refractivity contribution in [2.24, 2.45) is 33.4 Å². The molecule has 1 fully saturated rings. The number of azide groups is 1. The second-order valence-electron chi connectivity index (χ2n) is 10.2. The van der Waals surface area contributed by atoms with Crippen molar-refractivity contribution in [1.29, 1.82) is 0 Å². The smallest absolute Gasteiger partial charge is 0.243 e. The Morgan fingerprint density at radius 1 is 0.973 bits per heavy atom. The third-order valence-electron chi connectivity index (χ3n) is 5.65. The number of hydrogen-bond donors (Lipinski definition) is 5. The molecule has 1 heterocycles. The van der Waals surface area contributed by atoms with Gasteiger partial charge in [0.15, 0.2) is 11.7 Å². The number of hydrogen-bond acceptors (Lipinski definition) is 7. The summed E-state index contributed by atoms with van der Waals surface area (Å²) >= 11 is 0. The van der Waals surface area contributed by atoms with Crippen LogP contribution >= 0.6 is 0 Å². The van der Waals surface area contributed by atoms with Gasteiger partial charge in [0.05, 0.1) is 12.6 Å². The van der Waals surface area contributed by atoms with Crippen LogP contribution in [-0.4, -0.2) is 72.9 Å². The molecule has 0 spiro atoms. The molecule has 1 aliphatic rings. The molecule has 3 amide bonds. The molecule has 1 rings (SSSR count). The molecule has 0 aromatic rings. The van der Waals surface area contributed by atoms with Crippen LogP contribution in [0.1, 0.15) is 60.3 Å². The summed E-state index contributed by atoms with van der Waals surface area (Å²) < 4.78 is 5.28. The van der Waals surface area contributed by atoms with Gasteiger partial charge in [-0.2, -0.15) is 0 Å². The van der Waals surface area contributed by atoms with E-state index >= 15 is 0 Å². The Morgan fingerprint density at radius 3 is 1.95 bits per heavy atom. The van der Waals surface area contributed by atoms with Crippen molar-refractivity contribution in [2.45, 2.75) is 84.0 Å². The van der Waals surface area contributed by atoms with Gasteiger partial charge in [0.2, 0.25) is 17.7 Å². The van der Waals surface area contributed by atoms with Crippen molar-refractivity contribution >= 4 is 29.5 Å². The van der Waals surface area contributed by atoms with Gasteiger partial charge in [-0.05, 0) is 50.0 Å². The summed E-state index contributed by atoms with van der Waals surface area (Å²) in [5.74, 6) is -1.90. The van der Waals surface area contributed by atoms with E-state index in [1.165, 1.54) is 0 Å². The molecule has 0 saturated carbocycles. The van der Waals surface area contributed by atoms with E-state index in [0.29, 0.717) is 19.3 Å². The number of nitrogens with zero attached hydrogens (tertiary/aromatic N) is 4. The fourth-order valence-electron chi connectivity index (χ4n) is 3.68. The van der Waals surface area contributed by atoms with E-state index in [1.54, 1.807) is 6.92 Å². The van der Waals surface area contributed by atoms with E-state index < -0.39 is 48.0 Å². The number of rotatable bonds is 17. The largest absolute Gasteiger partial charge is 0.370 e. The Morgan fingerprint density at radius 2 is 1.49 bits per heavy atom. The molecule has 0 aromatic carbocycles. The van der Waals surface area contributed by atoms with Crippen molar-refractivity contribution in [2.75, 3.05) is 19.7 Å². The summed E-state index contributed by atoms with van der Waals surface area (Å²) in [5.41, 5.74) is 18.2. The number of ether oxygens (including phenoxy) is 1. The Bertz CT molecular complexity index is 891. The van der Waals surface area contributed by atoms with Gasteiger partial charge in [0.25, 0.3) is 0 Å². The Balaban J connectivity index is 3.00. The van der Waals surface area contributed by atoms with Crippen LogP contribution in [0.4, 0.5) is 0 Å². The highest BCUT2D eigenvalue weighted by molar-refractivity contribution is 5.98. The summed E-state index contributed by atoms with van der Waals surface area (Å²) in [6, 6.07) is -2.73. The first-order chi connectivity index (χ1) is 17.3. The highest BCUT2D eigenvalue weighted by Crippen LogP contribution is 2.29. The predicted molar refractivity (Wildman–Crippen MR) is 138 cm³/mol. The Kier molecular flexibility index (Phi) is 12.8. The van der Waals surface area contributed by atoms with Gasteiger partial charge in [-0.3, -0.25) is 24.2 Å². The summed E-state index contributed by atoms with van der Waals surface area (Å²) in [7, 11) is 0. The zero-order valence-electron chi connectivity index (χ0n) is 22.3. The average Bonchev–Trinajstić information content (AvgIpc) is 3.55. The van der Waals surface area contributed by atoms with Crippen molar-refractivity contribution < 1.29 is 23.9 Å². The van der Waals surface area contributed by atoms with Gasteiger partial charge in [-0.25, -0.2) is 0 Å². The van der Waals surface area contributed by atoms with Crippen molar-refractivity contribution in [1.82, 2.24) is 16.0 Å². The van der Waals surface area contributed by atoms with E-state index in [-0.39, 0.29) is 43.2 Å². The van der Waals surface area contributed by atoms with Crippen LogP contribution in [0.2, 0.25) is 0 Å². The first kappa shape index (κ1) is 31.6.